The number of rotatable bonds is 67. The predicted octanol–water partition coefficient (Wildman–Crippen LogP) is 23.0. The Bertz CT molecular complexity index is 1760. The van der Waals surface area contributed by atoms with Gasteiger partial charge in [0.1, 0.15) is 19.3 Å². The minimum absolute atomic E-state index is 0.0251. The smallest absolute Gasteiger partial charge is 0.306 e. The number of amides is 1. The van der Waals surface area contributed by atoms with Gasteiger partial charge in [0.2, 0.25) is 5.91 Å². The lowest BCUT2D eigenvalue weighted by molar-refractivity contribution is -0.870. The number of esters is 1. The van der Waals surface area contributed by atoms with Crippen LogP contribution in [0, 0.1) is 0 Å². The number of carbonyl (C=O) groups excluding carboxylic acids is 2. The van der Waals surface area contributed by atoms with Crippen LogP contribution < -0.4 is 10.2 Å². The lowest BCUT2D eigenvalue weighted by atomic mass is 10.0. The molecule has 3 atom stereocenters. The van der Waals surface area contributed by atoms with E-state index in [0.29, 0.717) is 17.4 Å². The Morgan fingerprint density at radius 2 is 0.701 bits per heavy atom. The van der Waals surface area contributed by atoms with Gasteiger partial charge in [-0.15, -0.1) is 0 Å². The van der Waals surface area contributed by atoms with E-state index in [1.165, 1.54) is 212 Å². The van der Waals surface area contributed by atoms with Gasteiger partial charge in [0.15, 0.2) is 0 Å². The molecule has 1 amide bonds. The summed E-state index contributed by atoms with van der Waals surface area (Å²) in [6, 6.07) is -0.895. The van der Waals surface area contributed by atoms with Crippen molar-refractivity contribution >= 4 is 19.7 Å². The molecule has 10 heteroatoms. The number of ether oxygens (including phenoxy) is 1. The number of nitrogens with zero attached hydrogens (tertiary/aromatic N) is 1. The molecular weight excluding hydrogens is 1100 g/mol. The highest BCUT2D eigenvalue weighted by Crippen LogP contribution is 2.38. The van der Waals surface area contributed by atoms with Gasteiger partial charge in [0.05, 0.1) is 33.8 Å². The number of unbranched alkanes of at least 4 members (excludes halogenated alkanes) is 39. The van der Waals surface area contributed by atoms with Crippen LogP contribution in [0.1, 0.15) is 342 Å². The van der Waals surface area contributed by atoms with Crippen LogP contribution in [0.4, 0.5) is 0 Å². The summed E-state index contributed by atoms with van der Waals surface area (Å²) < 4.78 is 30.5. The van der Waals surface area contributed by atoms with Crippen LogP contribution in [0.5, 0.6) is 0 Å². The minimum atomic E-state index is -4.71. The zero-order chi connectivity index (χ0) is 63.5. The molecule has 1 N–H and O–H groups in total. The number of phosphoric acid groups is 1. The van der Waals surface area contributed by atoms with Gasteiger partial charge in [-0.05, 0) is 109 Å². The summed E-state index contributed by atoms with van der Waals surface area (Å²) in [5.74, 6) is -0.540. The molecule has 0 saturated heterocycles. The number of quaternary nitrogens is 1. The molecule has 0 saturated carbocycles. The van der Waals surface area contributed by atoms with Crippen molar-refractivity contribution in [1.29, 1.82) is 0 Å². The summed E-state index contributed by atoms with van der Waals surface area (Å²) in [6.45, 7) is 6.82. The maximum Gasteiger partial charge on any atom is 0.306 e. The SMILES string of the molecule is CCCCC/C=C\C/C=C\C/C=C\C/C=C\CCCCCCCCCCCC(=O)OC(/C=C/CCCCCCCCCCC)C(COP(=O)([O-])OCC[N+](C)(C)C)NC(=O)CCCCCCCCCCCCCCCCC/C=C\C/C=C\CCCCC. The highest BCUT2D eigenvalue weighted by Gasteiger charge is 2.27. The van der Waals surface area contributed by atoms with E-state index in [1.54, 1.807) is 0 Å². The minimum Gasteiger partial charge on any atom is -0.756 e. The lowest BCUT2D eigenvalue weighted by Crippen LogP contribution is -2.47. The van der Waals surface area contributed by atoms with Crippen LogP contribution in [0.3, 0.4) is 0 Å². The second-order valence-electron chi connectivity index (χ2n) is 26.1. The van der Waals surface area contributed by atoms with Crippen LogP contribution in [0.25, 0.3) is 0 Å². The number of nitrogens with one attached hydrogen (secondary N) is 1. The molecule has 0 heterocycles. The third-order valence-electron chi connectivity index (χ3n) is 16.3. The first kappa shape index (κ1) is 84.2. The van der Waals surface area contributed by atoms with E-state index in [9.17, 15) is 19.0 Å². The van der Waals surface area contributed by atoms with Gasteiger partial charge in [-0.1, -0.05) is 305 Å². The monoisotopic (exact) mass is 1240 g/mol. The van der Waals surface area contributed by atoms with Crippen LogP contribution in [-0.2, 0) is 27.9 Å². The largest absolute Gasteiger partial charge is 0.756 e. The van der Waals surface area contributed by atoms with Crippen molar-refractivity contribution in [1.82, 2.24) is 5.32 Å². The molecule has 0 spiro atoms. The molecule has 0 radical (unpaired) electrons. The fourth-order valence-corrected chi connectivity index (χ4v) is 11.3. The van der Waals surface area contributed by atoms with E-state index in [0.717, 1.165) is 96.3 Å². The van der Waals surface area contributed by atoms with Crippen molar-refractivity contribution < 1.29 is 37.3 Å². The molecule has 0 aromatic rings. The molecule has 0 aliphatic rings. The molecule has 9 nitrogen and oxygen atoms in total. The predicted molar refractivity (Wildman–Crippen MR) is 376 cm³/mol. The maximum atomic E-state index is 13.6. The van der Waals surface area contributed by atoms with Crippen LogP contribution in [-0.4, -0.2) is 69.4 Å². The van der Waals surface area contributed by atoms with Gasteiger partial charge >= 0.3 is 5.97 Å². The number of likely N-dealkylation sites (N-methyl/N-ethyl adjacent to an activating group) is 1. The van der Waals surface area contributed by atoms with E-state index < -0.39 is 26.6 Å². The lowest BCUT2D eigenvalue weighted by Gasteiger charge is -2.30. The summed E-state index contributed by atoms with van der Waals surface area (Å²) in [6.07, 6.45) is 88.5. The summed E-state index contributed by atoms with van der Waals surface area (Å²) >= 11 is 0. The van der Waals surface area contributed by atoms with E-state index in [1.807, 2.05) is 33.3 Å². The maximum absolute atomic E-state index is 13.6. The Hall–Kier alpha value is -2.81. The Morgan fingerprint density at radius 1 is 0.402 bits per heavy atom. The van der Waals surface area contributed by atoms with Crippen molar-refractivity contribution in [3.8, 4) is 0 Å². The second-order valence-corrected chi connectivity index (χ2v) is 27.5. The van der Waals surface area contributed by atoms with Crippen LogP contribution >= 0.6 is 7.82 Å². The van der Waals surface area contributed by atoms with Crippen molar-refractivity contribution in [2.24, 2.45) is 0 Å². The normalized spacial score (nSPS) is 14.0. The van der Waals surface area contributed by atoms with Gasteiger partial charge in [-0.2, -0.15) is 0 Å². The zero-order valence-electron chi connectivity index (χ0n) is 58.0. The third kappa shape index (κ3) is 67.4. The van der Waals surface area contributed by atoms with Gasteiger partial charge in [0.25, 0.3) is 7.82 Å². The average Bonchev–Trinajstić information content (AvgIpc) is 3.70. The van der Waals surface area contributed by atoms with Gasteiger partial charge in [-0.25, -0.2) is 0 Å². The fraction of sp³-hybridized carbons (Fsp3) is 0.792. The van der Waals surface area contributed by atoms with Crippen LogP contribution in [0.2, 0.25) is 0 Å². The molecule has 0 aromatic carbocycles. The van der Waals surface area contributed by atoms with E-state index >= 15 is 0 Å². The number of hydrogen-bond acceptors (Lipinski definition) is 7. The van der Waals surface area contributed by atoms with Crippen molar-refractivity contribution in [3.05, 3.63) is 85.1 Å². The van der Waals surface area contributed by atoms with E-state index in [4.69, 9.17) is 13.8 Å². The van der Waals surface area contributed by atoms with Crippen molar-refractivity contribution in [3.63, 3.8) is 0 Å². The molecule has 87 heavy (non-hydrogen) atoms. The molecule has 0 aromatic heterocycles. The van der Waals surface area contributed by atoms with Gasteiger partial charge in [-0.3, -0.25) is 14.2 Å². The summed E-state index contributed by atoms with van der Waals surface area (Å²) in [5.41, 5.74) is 0. The molecule has 0 fully saturated rings. The molecule has 0 bridgehead atoms. The molecule has 506 valence electrons. The Morgan fingerprint density at radius 3 is 1.07 bits per heavy atom. The first-order valence-corrected chi connectivity index (χ1v) is 38.4. The second kappa shape index (κ2) is 66.1. The van der Waals surface area contributed by atoms with Gasteiger partial charge in [0, 0.05) is 12.8 Å². The van der Waals surface area contributed by atoms with Crippen molar-refractivity contribution in [2.75, 3.05) is 40.9 Å². The zero-order valence-corrected chi connectivity index (χ0v) is 58.9. The van der Waals surface area contributed by atoms with Crippen LogP contribution in [0.15, 0.2) is 85.1 Å². The fourth-order valence-electron chi connectivity index (χ4n) is 10.6. The third-order valence-corrected chi connectivity index (χ3v) is 17.3. The topological polar surface area (TPSA) is 114 Å². The number of carbonyl (C=O) groups is 2. The first-order chi connectivity index (χ1) is 42.4. The summed E-state index contributed by atoms with van der Waals surface area (Å²) in [4.78, 5) is 40.2. The molecule has 0 aliphatic carbocycles. The Labute approximate surface area is 539 Å². The quantitative estimate of drug-likeness (QED) is 0.0212. The Kier molecular flexibility index (Phi) is 64.0. The molecule has 0 aliphatic heterocycles. The summed E-state index contributed by atoms with van der Waals surface area (Å²) in [7, 11) is 1.18. The van der Waals surface area contributed by atoms with E-state index in [2.05, 4.69) is 99.0 Å². The van der Waals surface area contributed by atoms with Crippen molar-refractivity contribution in [2.45, 2.75) is 354 Å². The number of hydrogen-bond donors (Lipinski definition) is 1. The van der Waals surface area contributed by atoms with Gasteiger partial charge < -0.3 is 28.5 Å². The molecule has 3 unspecified atom stereocenters. The average molecular weight is 1240 g/mol. The standard InChI is InChI=1S/C77H141N2O7P/c1-7-10-13-16-19-22-25-27-29-31-33-35-37-39-41-43-45-47-49-51-54-57-60-63-66-69-76(80)78-74(73-85-87(82,83)84-72-71-79(4,5)6)75(68-65-62-59-56-53-24-21-18-15-12-9-3)86-77(81)70-67-64-61-58-55-52-50-48-46-44-42-40-38-36-34-32-30-28-26-23-20-17-14-11-8-2/h19-20,22-23,27-30,34,36,40,42,65,68,74-75H,7-18,21,24-26,31-33,35,37-39,41,43-64,66-67,69-73H2,1-6H3,(H-,78,80,82,83)/b22-19-,23-20-,29-27-,30-28-,36-34-,42-40-,68-65+. The van der Waals surface area contributed by atoms with E-state index in [-0.39, 0.29) is 24.9 Å². The molecular formula is C77H141N2O7P. The highest BCUT2D eigenvalue weighted by molar-refractivity contribution is 7.45. The molecule has 0 rings (SSSR count). The first-order valence-electron chi connectivity index (χ1n) is 36.9. The number of phosphoric ester groups is 1. The Balaban J connectivity index is 4.99. The number of allylic oxidation sites excluding steroid dienone is 13. The summed E-state index contributed by atoms with van der Waals surface area (Å²) in [5, 5.41) is 3.04. The highest BCUT2D eigenvalue weighted by atomic mass is 31.2.